The van der Waals surface area contributed by atoms with Gasteiger partial charge >= 0.3 is 5.69 Å². The molecule has 0 N–H and O–H groups in total. The average Bonchev–Trinajstić information content (AvgIpc) is 2.94. The molecule has 0 bridgehead atoms. The van der Waals surface area contributed by atoms with E-state index in [-0.39, 0.29) is 5.69 Å². The molecule has 0 aliphatic heterocycles. The van der Waals surface area contributed by atoms with Crippen LogP contribution in [0.15, 0.2) is 59.4 Å². The van der Waals surface area contributed by atoms with Crippen molar-refractivity contribution in [3.05, 3.63) is 87.6 Å². The normalized spacial score (nSPS) is 11.0. The molecular formula is C21H25N3O2. The van der Waals surface area contributed by atoms with Gasteiger partial charge in [-0.2, -0.15) is 5.10 Å². The van der Waals surface area contributed by atoms with Gasteiger partial charge in [-0.3, -0.25) is 4.57 Å². The number of aromatic nitrogens is 3. The van der Waals surface area contributed by atoms with E-state index >= 15 is 0 Å². The van der Waals surface area contributed by atoms with Crippen molar-refractivity contribution in [1.82, 2.24) is 14.3 Å². The molecule has 0 spiro atoms. The third-order valence-electron chi connectivity index (χ3n) is 4.24. The number of benzene rings is 2. The van der Waals surface area contributed by atoms with Gasteiger partial charge in [0.25, 0.3) is 0 Å². The molecule has 1 aromatic heterocycles. The van der Waals surface area contributed by atoms with Crippen LogP contribution in [-0.4, -0.2) is 14.3 Å². The van der Waals surface area contributed by atoms with Crippen molar-refractivity contribution in [1.29, 1.82) is 0 Å². The van der Waals surface area contributed by atoms with Crippen LogP contribution in [0.5, 0.6) is 0 Å². The lowest BCUT2D eigenvalue weighted by atomic mass is 10.1. The minimum atomic E-state index is -0.0780. The lowest BCUT2D eigenvalue weighted by Crippen LogP contribution is -2.26. The summed E-state index contributed by atoms with van der Waals surface area (Å²) in [7, 11) is 0. The monoisotopic (exact) mass is 351 g/mol. The fraction of sp³-hybridized carbons (Fsp3) is 0.333. The van der Waals surface area contributed by atoms with Crippen molar-refractivity contribution in [2.45, 2.75) is 46.6 Å². The van der Waals surface area contributed by atoms with Crippen LogP contribution >= 0.6 is 0 Å². The maximum atomic E-state index is 12.7. The van der Waals surface area contributed by atoms with E-state index in [0.29, 0.717) is 32.1 Å². The molecule has 0 radical (unpaired) electrons. The molecule has 1 heterocycles. The van der Waals surface area contributed by atoms with E-state index in [2.05, 4.69) is 12.0 Å². The Labute approximate surface area is 153 Å². The molecule has 0 atom stereocenters. The van der Waals surface area contributed by atoms with Crippen molar-refractivity contribution in [3.63, 3.8) is 0 Å². The summed E-state index contributed by atoms with van der Waals surface area (Å²) in [6.45, 7) is 6.06. The molecule has 0 amide bonds. The van der Waals surface area contributed by atoms with Crippen LogP contribution in [0.25, 0.3) is 0 Å². The Kier molecular flexibility index (Phi) is 6.02. The maximum Gasteiger partial charge on any atom is 0.346 e. The topological polar surface area (TPSA) is 49.0 Å². The van der Waals surface area contributed by atoms with E-state index in [4.69, 9.17) is 4.74 Å². The van der Waals surface area contributed by atoms with Gasteiger partial charge in [0, 0.05) is 6.54 Å². The fourth-order valence-electron chi connectivity index (χ4n) is 2.84. The molecule has 0 saturated carbocycles. The molecule has 3 aromatic rings. The quantitative estimate of drug-likeness (QED) is 0.624. The van der Waals surface area contributed by atoms with Crippen LogP contribution in [0.4, 0.5) is 0 Å². The second-order valence-corrected chi connectivity index (χ2v) is 6.47. The highest BCUT2D eigenvalue weighted by atomic mass is 16.5. The van der Waals surface area contributed by atoms with Gasteiger partial charge in [-0.1, -0.05) is 67.1 Å². The van der Waals surface area contributed by atoms with Gasteiger partial charge in [-0.15, -0.1) is 0 Å². The van der Waals surface area contributed by atoms with Crippen LogP contribution in [0.1, 0.15) is 35.9 Å². The van der Waals surface area contributed by atoms with Crippen LogP contribution in [0.2, 0.25) is 0 Å². The number of rotatable bonds is 8. The highest BCUT2D eigenvalue weighted by molar-refractivity contribution is 5.21. The number of hydrogen-bond acceptors (Lipinski definition) is 3. The largest absolute Gasteiger partial charge is 0.369 e. The van der Waals surface area contributed by atoms with E-state index in [1.54, 1.807) is 4.57 Å². The summed E-state index contributed by atoms with van der Waals surface area (Å²) in [4.78, 5) is 12.7. The van der Waals surface area contributed by atoms with Crippen molar-refractivity contribution in [2.24, 2.45) is 0 Å². The molecule has 5 heteroatoms. The molecule has 0 fully saturated rings. The molecule has 0 saturated heterocycles. The zero-order valence-corrected chi connectivity index (χ0v) is 15.4. The smallest absolute Gasteiger partial charge is 0.346 e. The van der Waals surface area contributed by atoms with E-state index in [9.17, 15) is 4.79 Å². The first-order valence-electron chi connectivity index (χ1n) is 9.01. The molecule has 0 aliphatic rings. The molecule has 5 nitrogen and oxygen atoms in total. The molecule has 26 heavy (non-hydrogen) atoms. The predicted molar refractivity (Wildman–Crippen MR) is 102 cm³/mol. The lowest BCUT2D eigenvalue weighted by molar-refractivity contribution is 0.0986. The van der Waals surface area contributed by atoms with Gasteiger partial charge < -0.3 is 4.74 Å². The van der Waals surface area contributed by atoms with Gasteiger partial charge in [0.2, 0.25) is 0 Å². The minimum absolute atomic E-state index is 0.0780. The molecule has 0 aliphatic carbocycles. The Balaban J connectivity index is 1.73. The molecule has 136 valence electrons. The standard InChI is InChI=1S/C21H25N3O2/c1-3-13-23-20(16-26-15-19-7-5-4-6-8-19)22-24(21(23)25)14-18-11-9-17(2)10-12-18/h4-12H,3,13-16H2,1-2H3. The summed E-state index contributed by atoms with van der Waals surface area (Å²) >= 11 is 0. The number of hydrogen-bond donors (Lipinski definition) is 0. The fourth-order valence-corrected chi connectivity index (χ4v) is 2.84. The SMILES string of the molecule is CCCn1c(COCc2ccccc2)nn(Cc2ccc(C)cc2)c1=O. The Bertz CT molecular complexity index is 880. The minimum Gasteiger partial charge on any atom is -0.369 e. The maximum absolute atomic E-state index is 12.7. The zero-order valence-electron chi connectivity index (χ0n) is 15.4. The predicted octanol–water partition coefficient (Wildman–Crippen LogP) is 3.53. The van der Waals surface area contributed by atoms with Crippen LogP contribution in [0, 0.1) is 6.92 Å². The molecule has 0 unspecified atom stereocenters. The molecular weight excluding hydrogens is 326 g/mol. The number of aryl methyl sites for hydroxylation is 1. The van der Waals surface area contributed by atoms with Gasteiger partial charge in [0.1, 0.15) is 6.61 Å². The van der Waals surface area contributed by atoms with Crippen LogP contribution in [0.3, 0.4) is 0 Å². The van der Waals surface area contributed by atoms with E-state index < -0.39 is 0 Å². The summed E-state index contributed by atoms with van der Waals surface area (Å²) in [6, 6.07) is 18.2. The summed E-state index contributed by atoms with van der Waals surface area (Å²) in [5, 5.41) is 4.52. The van der Waals surface area contributed by atoms with Crippen molar-refractivity contribution in [3.8, 4) is 0 Å². The van der Waals surface area contributed by atoms with Gasteiger partial charge in [0.05, 0.1) is 13.2 Å². The highest BCUT2D eigenvalue weighted by Crippen LogP contribution is 2.07. The van der Waals surface area contributed by atoms with Crippen LogP contribution in [-0.2, 0) is 31.0 Å². The van der Waals surface area contributed by atoms with Gasteiger partial charge in [-0.05, 0) is 24.5 Å². The zero-order chi connectivity index (χ0) is 18.4. The summed E-state index contributed by atoms with van der Waals surface area (Å²) < 4.78 is 9.04. The highest BCUT2D eigenvalue weighted by Gasteiger charge is 2.13. The van der Waals surface area contributed by atoms with E-state index in [1.165, 1.54) is 10.2 Å². The van der Waals surface area contributed by atoms with Crippen molar-refractivity contribution >= 4 is 0 Å². The molecule has 3 rings (SSSR count). The Morgan fingerprint density at radius 1 is 0.962 bits per heavy atom. The average molecular weight is 351 g/mol. The summed E-state index contributed by atoms with van der Waals surface area (Å²) in [5.74, 6) is 0.680. The van der Waals surface area contributed by atoms with Gasteiger partial charge in [0.15, 0.2) is 5.82 Å². The second kappa shape index (κ2) is 8.63. The van der Waals surface area contributed by atoms with Crippen molar-refractivity contribution in [2.75, 3.05) is 0 Å². The Morgan fingerprint density at radius 2 is 1.69 bits per heavy atom. The Morgan fingerprint density at radius 3 is 2.38 bits per heavy atom. The summed E-state index contributed by atoms with van der Waals surface area (Å²) in [5.41, 5.74) is 3.30. The Hall–Kier alpha value is -2.66. The number of ether oxygens (including phenoxy) is 1. The number of nitrogens with zero attached hydrogens (tertiary/aromatic N) is 3. The first kappa shape index (κ1) is 18.1. The third kappa shape index (κ3) is 4.49. The molecule has 2 aromatic carbocycles. The van der Waals surface area contributed by atoms with E-state index in [1.807, 2.05) is 61.5 Å². The van der Waals surface area contributed by atoms with Gasteiger partial charge in [-0.25, -0.2) is 9.48 Å². The third-order valence-corrected chi connectivity index (χ3v) is 4.24. The van der Waals surface area contributed by atoms with Crippen LogP contribution < -0.4 is 5.69 Å². The first-order chi connectivity index (χ1) is 12.7. The second-order valence-electron chi connectivity index (χ2n) is 6.47. The summed E-state index contributed by atoms with van der Waals surface area (Å²) in [6.07, 6.45) is 0.877. The van der Waals surface area contributed by atoms with Crippen molar-refractivity contribution < 1.29 is 4.74 Å². The van der Waals surface area contributed by atoms with E-state index in [0.717, 1.165) is 17.5 Å². The lowest BCUT2D eigenvalue weighted by Gasteiger charge is -2.05. The first-order valence-corrected chi connectivity index (χ1v) is 9.01.